The van der Waals surface area contributed by atoms with Crippen molar-refractivity contribution in [2.45, 2.75) is 13.0 Å². The highest BCUT2D eigenvalue weighted by molar-refractivity contribution is 6.30. The van der Waals surface area contributed by atoms with Gasteiger partial charge in [0.05, 0.1) is 25.3 Å². The van der Waals surface area contributed by atoms with E-state index in [1.54, 1.807) is 14.2 Å². The molecule has 1 heterocycles. The molecule has 0 amide bonds. The highest BCUT2D eigenvalue weighted by atomic mass is 35.5. The number of ether oxygens (including phenoxy) is 2. The van der Waals surface area contributed by atoms with Crippen molar-refractivity contribution < 1.29 is 9.47 Å². The van der Waals surface area contributed by atoms with Crippen LogP contribution in [-0.2, 0) is 13.0 Å². The third kappa shape index (κ3) is 3.72. The Kier molecular flexibility index (Phi) is 5.46. The summed E-state index contributed by atoms with van der Waals surface area (Å²) in [5, 5.41) is 3.92. The largest absolute Gasteiger partial charge is 0.493 e. The fraction of sp³-hybridized carbons (Fsp3) is 0.316. The molecule has 0 aliphatic heterocycles. The Morgan fingerprint density at radius 1 is 1.08 bits per heavy atom. The summed E-state index contributed by atoms with van der Waals surface area (Å²) in [6, 6.07) is 11.8. The lowest BCUT2D eigenvalue weighted by molar-refractivity contribution is 0.355. The van der Waals surface area contributed by atoms with Crippen molar-refractivity contribution in [3.63, 3.8) is 0 Å². The second-order valence-electron chi connectivity index (χ2n) is 5.79. The molecule has 0 unspecified atom stereocenters. The number of aromatic nitrogens is 2. The van der Waals surface area contributed by atoms with Crippen LogP contribution in [0.3, 0.4) is 0 Å². The standard InChI is InChI=1S/C19H22ClN3O2/c1-21-9-8-19-22-15-10-17(24-2)18(25-3)11-16(15)23(19)12-13-4-6-14(20)7-5-13/h4-7,10-11,21H,8-9,12H2,1-3H3. The lowest BCUT2D eigenvalue weighted by Crippen LogP contribution is -2.14. The minimum atomic E-state index is 0.686. The van der Waals surface area contributed by atoms with Gasteiger partial charge in [0.25, 0.3) is 0 Å². The summed E-state index contributed by atoms with van der Waals surface area (Å²) >= 11 is 6.00. The first kappa shape index (κ1) is 17.6. The number of halogens is 1. The molecule has 0 bridgehead atoms. The van der Waals surface area contributed by atoms with Crippen LogP contribution in [0.5, 0.6) is 11.5 Å². The Hall–Kier alpha value is -2.24. The predicted octanol–water partition coefficient (Wildman–Crippen LogP) is 3.52. The maximum Gasteiger partial charge on any atom is 0.163 e. The molecule has 0 radical (unpaired) electrons. The van der Waals surface area contributed by atoms with Gasteiger partial charge in [-0.15, -0.1) is 0 Å². The SMILES string of the molecule is CNCCc1nc2cc(OC)c(OC)cc2n1Cc1ccc(Cl)cc1. The maximum absolute atomic E-state index is 6.00. The number of imidazole rings is 1. The summed E-state index contributed by atoms with van der Waals surface area (Å²) in [5.74, 6) is 2.41. The van der Waals surface area contributed by atoms with Crippen LogP contribution in [0.25, 0.3) is 11.0 Å². The van der Waals surface area contributed by atoms with E-state index in [2.05, 4.69) is 9.88 Å². The molecule has 0 spiro atoms. The predicted molar refractivity (Wildman–Crippen MR) is 101 cm³/mol. The van der Waals surface area contributed by atoms with Crippen LogP contribution in [-0.4, -0.2) is 37.4 Å². The summed E-state index contributed by atoms with van der Waals surface area (Å²) in [5.41, 5.74) is 3.10. The zero-order valence-electron chi connectivity index (χ0n) is 14.7. The second-order valence-corrected chi connectivity index (χ2v) is 6.23. The molecule has 0 saturated carbocycles. The van der Waals surface area contributed by atoms with Gasteiger partial charge in [-0.25, -0.2) is 4.98 Å². The highest BCUT2D eigenvalue weighted by Gasteiger charge is 2.15. The van der Waals surface area contributed by atoms with E-state index in [0.29, 0.717) is 11.5 Å². The number of rotatable bonds is 7. The van der Waals surface area contributed by atoms with Gasteiger partial charge in [0.2, 0.25) is 0 Å². The van der Waals surface area contributed by atoms with Gasteiger partial charge in [0, 0.05) is 36.7 Å². The molecule has 1 N–H and O–H groups in total. The van der Waals surface area contributed by atoms with E-state index in [4.69, 9.17) is 26.1 Å². The Labute approximate surface area is 152 Å². The average Bonchev–Trinajstić information content (AvgIpc) is 2.97. The molecule has 5 nitrogen and oxygen atoms in total. The number of benzene rings is 2. The van der Waals surface area contributed by atoms with Crippen molar-refractivity contribution in [3.8, 4) is 11.5 Å². The Morgan fingerprint density at radius 2 is 1.76 bits per heavy atom. The van der Waals surface area contributed by atoms with E-state index in [1.807, 2.05) is 43.4 Å². The number of hydrogen-bond acceptors (Lipinski definition) is 4. The van der Waals surface area contributed by atoms with Crippen molar-refractivity contribution in [1.29, 1.82) is 0 Å². The lowest BCUT2D eigenvalue weighted by atomic mass is 10.2. The lowest BCUT2D eigenvalue weighted by Gasteiger charge is -2.11. The number of nitrogens with zero attached hydrogens (tertiary/aromatic N) is 2. The third-order valence-electron chi connectivity index (χ3n) is 4.19. The molecule has 6 heteroatoms. The van der Waals surface area contributed by atoms with Gasteiger partial charge < -0.3 is 19.4 Å². The molecular formula is C19H22ClN3O2. The highest BCUT2D eigenvalue weighted by Crippen LogP contribution is 2.33. The van der Waals surface area contributed by atoms with E-state index in [9.17, 15) is 0 Å². The molecule has 3 rings (SSSR count). The second kappa shape index (κ2) is 7.76. The molecule has 0 saturated heterocycles. The van der Waals surface area contributed by atoms with E-state index in [1.165, 1.54) is 5.56 Å². The first-order chi connectivity index (χ1) is 12.2. The normalized spacial score (nSPS) is 11.0. The number of fused-ring (bicyclic) bond motifs is 1. The first-order valence-corrected chi connectivity index (χ1v) is 8.54. The molecule has 0 atom stereocenters. The molecule has 3 aromatic rings. The van der Waals surface area contributed by atoms with Crippen molar-refractivity contribution in [2.24, 2.45) is 0 Å². The number of nitrogens with one attached hydrogen (secondary N) is 1. The van der Waals surface area contributed by atoms with Gasteiger partial charge >= 0.3 is 0 Å². The van der Waals surface area contributed by atoms with Gasteiger partial charge in [-0.1, -0.05) is 23.7 Å². The van der Waals surface area contributed by atoms with E-state index >= 15 is 0 Å². The topological polar surface area (TPSA) is 48.3 Å². The van der Waals surface area contributed by atoms with Crippen molar-refractivity contribution in [1.82, 2.24) is 14.9 Å². The Bertz CT molecular complexity index is 859. The zero-order chi connectivity index (χ0) is 17.8. The minimum absolute atomic E-state index is 0.686. The minimum Gasteiger partial charge on any atom is -0.493 e. The van der Waals surface area contributed by atoms with Crippen LogP contribution in [0, 0.1) is 0 Å². The Morgan fingerprint density at radius 3 is 2.40 bits per heavy atom. The fourth-order valence-electron chi connectivity index (χ4n) is 2.88. The molecule has 2 aromatic carbocycles. The van der Waals surface area contributed by atoms with Crippen LogP contribution in [0.1, 0.15) is 11.4 Å². The summed E-state index contributed by atoms with van der Waals surface area (Å²) in [6.45, 7) is 1.58. The van der Waals surface area contributed by atoms with E-state index in [0.717, 1.165) is 41.4 Å². The van der Waals surface area contributed by atoms with E-state index < -0.39 is 0 Å². The number of hydrogen-bond donors (Lipinski definition) is 1. The average molecular weight is 360 g/mol. The monoisotopic (exact) mass is 359 g/mol. The van der Waals surface area contributed by atoms with Gasteiger partial charge in [0.15, 0.2) is 11.5 Å². The van der Waals surface area contributed by atoms with Crippen LogP contribution < -0.4 is 14.8 Å². The van der Waals surface area contributed by atoms with Crippen LogP contribution >= 0.6 is 11.6 Å². The van der Waals surface area contributed by atoms with Crippen molar-refractivity contribution in [3.05, 3.63) is 52.8 Å². The summed E-state index contributed by atoms with van der Waals surface area (Å²) in [6.07, 6.45) is 0.837. The van der Waals surface area contributed by atoms with Crippen LogP contribution in [0.4, 0.5) is 0 Å². The summed E-state index contributed by atoms with van der Waals surface area (Å²) in [4.78, 5) is 4.81. The van der Waals surface area contributed by atoms with Gasteiger partial charge in [-0.3, -0.25) is 0 Å². The smallest absolute Gasteiger partial charge is 0.163 e. The number of likely N-dealkylation sites (N-methyl/N-ethyl adjacent to an activating group) is 1. The van der Waals surface area contributed by atoms with E-state index in [-0.39, 0.29) is 0 Å². The quantitative estimate of drug-likeness (QED) is 0.701. The van der Waals surface area contributed by atoms with Crippen molar-refractivity contribution in [2.75, 3.05) is 27.8 Å². The van der Waals surface area contributed by atoms with Gasteiger partial charge in [-0.2, -0.15) is 0 Å². The molecular weight excluding hydrogens is 338 g/mol. The Balaban J connectivity index is 2.09. The van der Waals surface area contributed by atoms with Crippen molar-refractivity contribution >= 4 is 22.6 Å². The van der Waals surface area contributed by atoms with Gasteiger partial charge in [0.1, 0.15) is 5.82 Å². The fourth-order valence-corrected chi connectivity index (χ4v) is 3.00. The summed E-state index contributed by atoms with van der Waals surface area (Å²) in [7, 11) is 5.22. The van der Waals surface area contributed by atoms with Crippen LogP contribution in [0.15, 0.2) is 36.4 Å². The van der Waals surface area contributed by atoms with Gasteiger partial charge in [-0.05, 0) is 24.7 Å². The maximum atomic E-state index is 6.00. The first-order valence-electron chi connectivity index (χ1n) is 8.16. The zero-order valence-corrected chi connectivity index (χ0v) is 15.4. The molecule has 0 aliphatic rings. The van der Waals surface area contributed by atoms with Crippen LogP contribution in [0.2, 0.25) is 5.02 Å². The molecule has 132 valence electrons. The molecule has 25 heavy (non-hydrogen) atoms. The number of methoxy groups -OCH3 is 2. The molecule has 0 fully saturated rings. The molecule has 1 aromatic heterocycles. The third-order valence-corrected chi connectivity index (χ3v) is 4.44. The summed E-state index contributed by atoms with van der Waals surface area (Å²) < 4.78 is 13.1. The molecule has 0 aliphatic carbocycles.